The quantitative estimate of drug-likeness (QED) is 0.102. The van der Waals surface area contributed by atoms with Crippen LogP contribution in [0, 0.1) is 25.7 Å². The van der Waals surface area contributed by atoms with Crippen molar-refractivity contribution in [1.29, 1.82) is 0 Å². The molecule has 4 heterocycles. The molecule has 2 aliphatic heterocycles. The van der Waals surface area contributed by atoms with Gasteiger partial charge in [-0.1, -0.05) is 48.3 Å². The number of aromatic nitrogens is 4. The highest BCUT2D eigenvalue weighted by Crippen LogP contribution is 2.46. The van der Waals surface area contributed by atoms with Gasteiger partial charge in [-0.05, 0) is 51.4 Å². The van der Waals surface area contributed by atoms with Gasteiger partial charge in [-0.3, -0.25) is 28.7 Å². The van der Waals surface area contributed by atoms with E-state index in [1.165, 1.54) is 21.5 Å². The molecule has 0 aliphatic carbocycles. The van der Waals surface area contributed by atoms with Crippen LogP contribution in [-0.2, 0) is 9.47 Å². The Morgan fingerprint density at radius 2 is 1.12 bits per heavy atom. The predicted molar refractivity (Wildman–Crippen MR) is 184 cm³/mol. The molecule has 0 spiro atoms. The standard InChI is InChI=1S/C32H50N4O10S2/c1-5-7-21(31(43)13-25(45-23(31)17-37)35-15-19(3)27(39)33-29(35)41)9-11-47-48-12-10-22(8-6-2)32(44)14-26(46-24(32)18-38)36-16-20(4)28(40)34-30(36)42/h15-16,21-26,37-38,43-44H,5-14,17-18H2,1-4H3,(H,33,39,41)(H,34,40,42)/t21?,22?,23-,24-,25-,26-,31-,32-/m1/s1. The summed E-state index contributed by atoms with van der Waals surface area (Å²) in [5.74, 6) is 1.01. The summed E-state index contributed by atoms with van der Waals surface area (Å²) in [6, 6.07) is 0. The van der Waals surface area contributed by atoms with Gasteiger partial charge in [0.25, 0.3) is 11.1 Å². The first-order valence-corrected chi connectivity index (χ1v) is 19.2. The second-order valence-electron chi connectivity index (χ2n) is 13.1. The molecule has 2 aliphatic rings. The summed E-state index contributed by atoms with van der Waals surface area (Å²) >= 11 is 0. The van der Waals surface area contributed by atoms with E-state index >= 15 is 0 Å². The van der Waals surface area contributed by atoms with Crippen LogP contribution in [0.25, 0.3) is 0 Å². The summed E-state index contributed by atoms with van der Waals surface area (Å²) in [5.41, 5.74) is -4.29. The number of ether oxygens (including phenoxy) is 2. The third-order valence-corrected chi connectivity index (χ3v) is 12.3. The van der Waals surface area contributed by atoms with E-state index < -0.39 is 71.6 Å². The second kappa shape index (κ2) is 16.7. The van der Waals surface area contributed by atoms with Gasteiger partial charge in [0.05, 0.1) is 13.2 Å². The summed E-state index contributed by atoms with van der Waals surface area (Å²) < 4.78 is 14.5. The third-order valence-electron chi connectivity index (χ3n) is 9.88. The topological polar surface area (TPSA) is 209 Å². The van der Waals surface area contributed by atoms with Crippen molar-refractivity contribution in [2.75, 3.05) is 24.7 Å². The van der Waals surface area contributed by atoms with Crippen LogP contribution < -0.4 is 22.5 Å². The number of aliphatic hydroxyl groups excluding tert-OH is 2. The van der Waals surface area contributed by atoms with E-state index in [0.29, 0.717) is 48.3 Å². The largest absolute Gasteiger partial charge is 0.394 e. The highest BCUT2D eigenvalue weighted by atomic mass is 33.1. The van der Waals surface area contributed by atoms with Crippen molar-refractivity contribution >= 4 is 21.6 Å². The maximum Gasteiger partial charge on any atom is 0.330 e. The smallest absolute Gasteiger partial charge is 0.330 e. The predicted octanol–water partition coefficient (Wildman–Crippen LogP) is 1.72. The maximum atomic E-state index is 12.5. The number of aryl methyl sites for hydroxylation is 2. The number of H-pyrrole nitrogens is 2. The van der Waals surface area contributed by atoms with E-state index in [4.69, 9.17) is 9.47 Å². The van der Waals surface area contributed by atoms with Gasteiger partial charge in [0.2, 0.25) is 0 Å². The van der Waals surface area contributed by atoms with Crippen molar-refractivity contribution in [2.45, 2.75) is 115 Å². The van der Waals surface area contributed by atoms with Crippen molar-refractivity contribution in [3.05, 3.63) is 65.2 Å². The first kappa shape index (κ1) is 38.6. The zero-order valence-electron chi connectivity index (χ0n) is 28.1. The summed E-state index contributed by atoms with van der Waals surface area (Å²) in [5, 5.41) is 44.0. The Morgan fingerprint density at radius 1 is 0.750 bits per heavy atom. The Balaban J connectivity index is 1.36. The molecule has 0 saturated carbocycles. The van der Waals surface area contributed by atoms with Crippen LogP contribution >= 0.6 is 21.6 Å². The minimum absolute atomic E-state index is 0.100. The number of nitrogens with one attached hydrogen (secondary N) is 2. The number of nitrogens with zero attached hydrogens (tertiary/aromatic N) is 2. The van der Waals surface area contributed by atoms with Crippen LogP contribution in [0.4, 0.5) is 0 Å². The molecule has 4 rings (SSSR count). The molecule has 8 atom stereocenters. The Morgan fingerprint density at radius 3 is 1.46 bits per heavy atom. The normalized spacial score (nSPS) is 28.6. The van der Waals surface area contributed by atoms with Gasteiger partial charge in [0.1, 0.15) is 35.9 Å². The first-order valence-electron chi connectivity index (χ1n) is 16.7. The molecule has 16 heteroatoms. The molecule has 0 bridgehead atoms. The van der Waals surface area contributed by atoms with E-state index in [-0.39, 0.29) is 24.7 Å². The molecular formula is C32H50N4O10S2. The average Bonchev–Trinajstić information content (AvgIpc) is 3.58. The van der Waals surface area contributed by atoms with Gasteiger partial charge in [-0.25, -0.2) is 9.59 Å². The number of rotatable bonds is 17. The number of aliphatic hydroxyl groups is 4. The first-order chi connectivity index (χ1) is 22.8. The lowest BCUT2D eigenvalue weighted by atomic mass is 9.77. The molecule has 0 radical (unpaired) electrons. The summed E-state index contributed by atoms with van der Waals surface area (Å²) in [4.78, 5) is 53.3. The van der Waals surface area contributed by atoms with Crippen molar-refractivity contribution in [1.82, 2.24) is 19.1 Å². The average molecular weight is 715 g/mol. The number of aromatic amines is 2. The molecule has 48 heavy (non-hydrogen) atoms. The van der Waals surface area contributed by atoms with Gasteiger partial charge in [-0.2, -0.15) is 0 Å². The van der Waals surface area contributed by atoms with Crippen molar-refractivity contribution in [3.8, 4) is 0 Å². The highest BCUT2D eigenvalue weighted by Gasteiger charge is 2.53. The van der Waals surface area contributed by atoms with E-state index in [0.717, 1.165) is 12.8 Å². The minimum atomic E-state index is -1.37. The Labute approximate surface area is 286 Å². The van der Waals surface area contributed by atoms with Crippen molar-refractivity contribution in [2.24, 2.45) is 11.8 Å². The molecule has 6 N–H and O–H groups in total. The summed E-state index contributed by atoms with van der Waals surface area (Å²) in [7, 11) is 3.31. The van der Waals surface area contributed by atoms with Crippen LogP contribution in [0.1, 0.15) is 88.8 Å². The minimum Gasteiger partial charge on any atom is -0.394 e. The molecule has 270 valence electrons. The van der Waals surface area contributed by atoms with Gasteiger partial charge >= 0.3 is 11.4 Å². The molecule has 0 amide bonds. The van der Waals surface area contributed by atoms with E-state index in [2.05, 4.69) is 9.97 Å². The van der Waals surface area contributed by atoms with Crippen LogP contribution in [0.5, 0.6) is 0 Å². The SMILES string of the molecule is CCCC(CCSSCCC(CCC)[C@]1(O)C[C@H](n2cc(C)c(=O)[nH]c2=O)O[C@@H]1CO)[C@]1(O)C[C@H](n2cc(C)c(=O)[nH]c2=O)O[C@@H]1CO. The van der Waals surface area contributed by atoms with Crippen molar-refractivity contribution < 1.29 is 29.9 Å². The lowest BCUT2D eigenvalue weighted by Gasteiger charge is -2.36. The molecule has 2 aromatic rings. The van der Waals surface area contributed by atoms with E-state index in [1.807, 2.05) is 13.8 Å². The summed E-state index contributed by atoms with van der Waals surface area (Å²) in [6.45, 7) is 6.40. The molecule has 14 nitrogen and oxygen atoms in total. The Kier molecular flexibility index (Phi) is 13.4. The lowest BCUT2D eigenvalue weighted by molar-refractivity contribution is -0.109. The maximum absolute atomic E-state index is 12.5. The summed E-state index contributed by atoms with van der Waals surface area (Å²) in [6.07, 6.45) is 3.90. The number of hydrogen-bond donors (Lipinski definition) is 6. The van der Waals surface area contributed by atoms with E-state index in [9.17, 15) is 39.6 Å². The third kappa shape index (κ3) is 8.23. The van der Waals surface area contributed by atoms with Crippen LogP contribution in [0.3, 0.4) is 0 Å². The second-order valence-corrected chi connectivity index (χ2v) is 15.8. The fourth-order valence-electron chi connectivity index (χ4n) is 7.21. The van der Waals surface area contributed by atoms with Crippen LogP contribution in [0.2, 0.25) is 0 Å². The monoisotopic (exact) mass is 714 g/mol. The molecule has 2 fully saturated rings. The number of hydrogen-bond acceptors (Lipinski definition) is 12. The van der Waals surface area contributed by atoms with Crippen LogP contribution in [-0.4, -0.2) is 87.7 Å². The van der Waals surface area contributed by atoms with Crippen molar-refractivity contribution in [3.63, 3.8) is 0 Å². The molecule has 2 unspecified atom stereocenters. The van der Waals surface area contributed by atoms with Gasteiger partial charge in [0.15, 0.2) is 0 Å². The van der Waals surface area contributed by atoms with Gasteiger partial charge in [-0.15, -0.1) is 0 Å². The molecular weight excluding hydrogens is 665 g/mol. The zero-order chi connectivity index (χ0) is 35.2. The zero-order valence-corrected chi connectivity index (χ0v) is 29.7. The van der Waals surface area contributed by atoms with Crippen LogP contribution in [0.15, 0.2) is 31.6 Å². The Bertz CT molecular complexity index is 1490. The molecule has 0 aromatic carbocycles. The van der Waals surface area contributed by atoms with Gasteiger partial charge < -0.3 is 29.9 Å². The fourth-order valence-corrected chi connectivity index (χ4v) is 9.49. The van der Waals surface area contributed by atoms with Gasteiger partial charge in [0, 0.05) is 47.9 Å². The fraction of sp³-hybridized carbons (Fsp3) is 0.750. The highest BCUT2D eigenvalue weighted by molar-refractivity contribution is 8.76. The molecule has 2 saturated heterocycles. The Hall–Kier alpha value is -2.18. The van der Waals surface area contributed by atoms with E-state index in [1.54, 1.807) is 35.4 Å². The lowest BCUT2D eigenvalue weighted by Crippen LogP contribution is -2.47. The molecule has 2 aromatic heterocycles.